The lowest BCUT2D eigenvalue weighted by Gasteiger charge is -2.16. The molecule has 1 fully saturated rings. The Kier molecular flexibility index (Phi) is 5.58. The van der Waals surface area contributed by atoms with E-state index in [0.29, 0.717) is 29.1 Å². The summed E-state index contributed by atoms with van der Waals surface area (Å²) in [5.74, 6) is 0.0405. The molecule has 2 aromatic heterocycles. The molecule has 12 heteroatoms. The van der Waals surface area contributed by atoms with Gasteiger partial charge in [-0.15, -0.1) is 0 Å². The second-order valence-electron chi connectivity index (χ2n) is 5.94. The number of aliphatic hydroxyl groups is 2. The Morgan fingerprint density at radius 1 is 1.35 bits per heavy atom. The Bertz CT molecular complexity index is 788. The van der Waals surface area contributed by atoms with Gasteiger partial charge < -0.3 is 31.5 Å². The van der Waals surface area contributed by atoms with Gasteiger partial charge in [0, 0.05) is 5.75 Å². The highest BCUT2D eigenvalue weighted by Gasteiger charge is 2.44. The predicted octanol–water partition coefficient (Wildman–Crippen LogP) is -1.44. The second kappa shape index (κ2) is 7.72. The lowest BCUT2D eigenvalue weighted by Crippen LogP contribution is -2.33. The van der Waals surface area contributed by atoms with E-state index in [2.05, 4.69) is 15.0 Å². The zero-order valence-electron chi connectivity index (χ0n) is 13.7. The maximum absolute atomic E-state index is 10.7. The number of carbonyl (C=O) groups is 1. The average molecular weight is 384 g/mol. The summed E-state index contributed by atoms with van der Waals surface area (Å²) in [6.07, 6.45) is -0.747. The van der Waals surface area contributed by atoms with Crippen LogP contribution >= 0.6 is 11.8 Å². The van der Waals surface area contributed by atoms with E-state index in [1.165, 1.54) is 29.0 Å². The van der Waals surface area contributed by atoms with Crippen LogP contribution in [0.2, 0.25) is 0 Å². The number of imidazole rings is 1. The van der Waals surface area contributed by atoms with Crippen molar-refractivity contribution in [3.63, 3.8) is 0 Å². The number of nitrogens with two attached hydrogens (primary N) is 2. The summed E-state index contributed by atoms with van der Waals surface area (Å²) < 4.78 is 7.29. The van der Waals surface area contributed by atoms with E-state index in [-0.39, 0.29) is 5.82 Å². The molecule has 1 aliphatic heterocycles. The molecular formula is C14H20N6O5S. The Morgan fingerprint density at radius 2 is 2.12 bits per heavy atom. The van der Waals surface area contributed by atoms with Crippen LogP contribution in [0.1, 0.15) is 12.6 Å². The molecular weight excluding hydrogens is 364 g/mol. The van der Waals surface area contributed by atoms with Crippen LogP contribution in [0, 0.1) is 0 Å². The summed E-state index contributed by atoms with van der Waals surface area (Å²) in [7, 11) is 0. The summed E-state index contributed by atoms with van der Waals surface area (Å²) >= 11 is 1.40. The van der Waals surface area contributed by atoms with Crippen LogP contribution in [0.15, 0.2) is 12.7 Å². The summed E-state index contributed by atoms with van der Waals surface area (Å²) in [6.45, 7) is 0. The molecule has 0 aromatic carbocycles. The largest absolute Gasteiger partial charge is 0.480 e. The molecule has 1 saturated heterocycles. The number of carboxylic acids is 1. The SMILES string of the molecule is Nc1ncnc2c1ncn2C1O[C@H](CSCC[C@H](N)C(=O)O)[C@@H](O)[C@H]1O. The van der Waals surface area contributed by atoms with Crippen molar-refractivity contribution >= 4 is 34.7 Å². The molecule has 0 spiro atoms. The molecule has 11 nitrogen and oxygen atoms in total. The maximum atomic E-state index is 10.7. The number of fused-ring (bicyclic) bond motifs is 1. The minimum atomic E-state index is -1.17. The Hall–Kier alpha value is -1.99. The fourth-order valence-electron chi connectivity index (χ4n) is 2.69. The Balaban J connectivity index is 1.64. The number of aliphatic carboxylic acids is 1. The first-order valence-corrected chi connectivity index (χ1v) is 9.06. The van der Waals surface area contributed by atoms with Gasteiger partial charge in [0.15, 0.2) is 17.7 Å². The van der Waals surface area contributed by atoms with Crippen LogP contribution in [-0.4, -0.2) is 76.7 Å². The molecule has 2 aromatic rings. The first-order valence-electron chi connectivity index (χ1n) is 7.91. The third-order valence-electron chi connectivity index (χ3n) is 4.17. The summed E-state index contributed by atoms with van der Waals surface area (Å²) in [6, 6.07) is -0.919. The average Bonchev–Trinajstić information content (AvgIpc) is 3.15. The van der Waals surface area contributed by atoms with Crippen molar-refractivity contribution in [1.82, 2.24) is 19.5 Å². The monoisotopic (exact) mass is 384 g/mol. The fraction of sp³-hybridized carbons (Fsp3) is 0.571. The van der Waals surface area contributed by atoms with Gasteiger partial charge >= 0.3 is 5.97 Å². The van der Waals surface area contributed by atoms with Crippen LogP contribution in [0.25, 0.3) is 11.2 Å². The Labute approximate surface area is 152 Å². The third kappa shape index (κ3) is 3.59. The quantitative estimate of drug-likeness (QED) is 0.352. The predicted molar refractivity (Wildman–Crippen MR) is 93.2 cm³/mol. The van der Waals surface area contributed by atoms with Crippen LogP contribution in [0.4, 0.5) is 5.82 Å². The number of nitrogen functional groups attached to an aromatic ring is 1. The van der Waals surface area contributed by atoms with Crippen molar-refractivity contribution in [3.8, 4) is 0 Å². The molecule has 1 aliphatic rings. The molecule has 0 bridgehead atoms. The Morgan fingerprint density at radius 3 is 2.85 bits per heavy atom. The molecule has 0 aliphatic carbocycles. The number of aromatic nitrogens is 4. The molecule has 7 N–H and O–H groups in total. The maximum Gasteiger partial charge on any atom is 0.320 e. The molecule has 3 rings (SSSR count). The van der Waals surface area contributed by atoms with Gasteiger partial charge in [0.25, 0.3) is 0 Å². The zero-order chi connectivity index (χ0) is 18.8. The molecule has 0 saturated carbocycles. The summed E-state index contributed by atoms with van der Waals surface area (Å²) in [4.78, 5) is 22.8. The van der Waals surface area contributed by atoms with E-state index in [1.54, 1.807) is 0 Å². The van der Waals surface area contributed by atoms with Crippen LogP contribution in [0.5, 0.6) is 0 Å². The highest BCUT2D eigenvalue weighted by atomic mass is 32.2. The number of hydrogen-bond donors (Lipinski definition) is 5. The minimum Gasteiger partial charge on any atom is -0.480 e. The number of nitrogens with zero attached hydrogens (tertiary/aromatic N) is 4. The third-order valence-corrected chi connectivity index (χ3v) is 5.26. The van der Waals surface area contributed by atoms with Gasteiger partial charge in [-0.3, -0.25) is 9.36 Å². The van der Waals surface area contributed by atoms with Gasteiger partial charge in [0.05, 0.1) is 12.4 Å². The van der Waals surface area contributed by atoms with E-state index in [9.17, 15) is 15.0 Å². The molecule has 1 unspecified atom stereocenters. The summed E-state index contributed by atoms with van der Waals surface area (Å²) in [5.41, 5.74) is 12.0. The molecule has 5 atom stereocenters. The van der Waals surface area contributed by atoms with E-state index < -0.39 is 36.6 Å². The topological polar surface area (TPSA) is 183 Å². The zero-order valence-corrected chi connectivity index (χ0v) is 14.5. The van der Waals surface area contributed by atoms with E-state index in [0.717, 1.165) is 0 Å². The molecule has 0 amide bonds. The van der Waals surface area contributed by atoms with Gasteiger partial charge in [-0.25, -0.2) is 15.0 Å². The van der Waals surface area contributed by atoms with Crippen molar-refractivity contribution in [3.05, 3.63) is 12.7 Å². The van der Waals surface area contributed by atoms with Gasteiger partial charge in [0.2, 0.25) is 0 Å². The summed E-state index contributed by atoms with van der Waals surface area (Å²) in [5, 5.41) is 29.3. The lowest BCUT2D eigenvalue weighted by atomic mass is 10.1. The van der Waals surface area contributed by atoms with E-state index in [1.807, 2.05) is 0 Å². The molecule has 26 heavy (non-hydrogen) atoms. The molecule has 3 heterocycles. The second-order valence-corrected chi connectivity index (χ2v) is 7.09. The minimum absolute atomic E-state index is 0.212. The highest BCUT2D eigenvalue weighted by molar-refractivity contribution is 7.99. The van der Waals surface area contributed by atoms with E-state index >= 15 is 0 Å². The van der Waals surface area contributed by atoms with Crippen LogP contribution in [0.3, 0.4) is 0 Å². The van der Waals surface area contributed by atoms with Crippen molar-refractivity contribution < 1.29 is 24.9 Å². The smallest absolute Gasteiger partial charge is 0.320 e. The number of carboxylic acid groups (broad SMARTS) is 1. The normalized spacial score (nSPS) is 27.0. The van der Waals surface area contributed by atoms with Gasteiger partial charge in [0.1, 0.15) is 30.1 Å². The van der Waals surface area contributed by atoms with Crippen LogP contribution in [-0.2, 0) is 9.53 Å². The van der Waals surface area contributed by atoms with Crippen molar-refractivity contribution in [2.75, 3.05) is 17.2 Å². The first-order chi connectivity index (χ1) is 12.4. The standard InChI is InChI=1S/C14H20N6O5S/c15-6(14(23)24)1-2-26-3-7-9(21)10(22)13(25-7)20-5-19-8-11(16)17-4-18-12(8)20/h4-7,9-10,13,21-22H,1-3,15H2,(H,23,24)(H2,16,17,18)/t6-,7+,9+,10+,13?/m0/s1. The lowest BCUT2D eigenvalue weighted by molar-refractivity contribution is -0.138. The van der Waals surface area contributed by atoms with E-state index in [4.69, 9.17) is 21.3 Å². The van der Waals surface area contributed by atoms with Crippen molar-refractivity contribution in [1.29, 1.82) is 0 Å². The highest BCUT2D eigenvalue weighted by Crippen LogP contribution is 2.33. The molecule has 142 valence electrons. The fourth-order valence-corrected chi connectivity index (χ4v) is 3.78. The van der Waals surface area contributed by atoms with Crippen molar-refractivity contribution in [2.24, 2.45) is 5.73 Å². The number of ether oxygens (including phenoxy) is 1. The number of thioether (sulfide) groups is 1. The molecule has 0 radical (unpaired) electrons. The number of aliphatic hydroxyl groups excluding tert-OH is 2. The van der Waals surface area contributed by atoms with Gasteiger partial charge in [-0.2, -0.15) is 11.8 Å². The first kappa shape index (κ1) is 18.8. The van der Waals surface area contributed by atoms with Crippen molar-refractivity contribution in [2.45, 2.75) is 37.0 Å². The number of rotatable bonds is 7. The number of anilines is 1. The number of hydrogen-bond acceptors (Lipinski definition) is 10. The van der Waals surface area contributed by atoms with Gasteiger partial charge in [-0.05, 0) is 12.2 Å². The van der Waals surface area contributed by atoms with Gasteiger partial charge in [-0.1, -0.05) is 0 Å². The van der Waals surface area contributed by atoms with Crippen LogP contribution < -0.4 is 11.5 Å².